The molecule has 0 saturated carbocycles. The van der Waals surface area contributed by atoms with Crippen molar-refractivity contribution in [1.82, 2.24) is 9.62 Å². The van der Waals surface area contributed by atoms with Crippen molar-refractivity contribution in [3.63, 3.8) is 0 Å². The molecular weight excluding hydrogens is 394 g/mol. The number of carbonyl (C=O) groups is 1. The normalized spacial score (nSPS) is 16.8. The van der Waals surface area contributed by atoms with Crippen molar-refractivity contribution >= 4 is 27.7 Å². The first-order valence-corrected chi connectivity index (χ1v) is 10.6. The Kier molecular flexibility index (Phi) is 5.83. The van der Waals surface area contributed by atoms with Gasteiger partial charge in [-0.2, -0.15) is 4.31 Å². The summed E-state index contributed by atoms with van der Waals surface area (Å²) in [6.45, 7) is -0.395. The first kappa shape index (κ1) is 19.8. The van der Waals surface area contributed by atoms with Gasteiger partial charge in [0.25, 0.3) is 0 Å². The number of rotatable bonds is 5. The van der Waals surface area contributed by atoms with E-state index in [2.05, 4.69) is 5.32 Å². The van der Waals surface area contributed by atoms with E-state index in [0.717, 1.165) is 28.6 Å². The largest absolute Gasteiger partial charge is 0.348 e. The van der Waals surface area contributed by atoms with Gasteiger partial charge in [0.1, 0.15) is 11.6 Å². The van der Waals surface area contributed by atoms with Crippen LogP contribution in [0.25, 0.3) is 0 Å². The topological polar surface area (TPSA) is 66.5 Å². The van der Waals surface area contributed by atoms with E-state index in [1.807, 2.05) is 0 Å². The molecule has 0 saturated heterocycles. The third kappa shape index (κ3) is 4.31. The Morgan fingerprint density at radius 1 is 1.22 bits per heavy atom. The second kappa shape index (κ2) is 7.95. The van der Waals surface area contributed by atoms with E-state index in [4.69, 9.17) is 0 Å². The van der Waals surface area contributed by atoms with E-state index in [9.17, 15) is 22.0 Å². The maximum atomic E-state index is 13.9. The minimum atomic E-state index is -3.92. The summed E-state index contributed by atoms with van der Waals surface area (Å²) in [5.41, 5.74) is 0.698. The Morgan fingerprint density at radius 3 is 2.63 bits per heavy atom. The highest BCUT2D eigenvalue weighted by Crippen LogP contribution is 2.37. The SMILES string of the molecule is CN(CC(=O)NC1CCSc2c(F)cccc21)S(=O)(=O)c1ccc(F)cc1. The van der Waals surface area contributed by atoms with E-state index < -0.39 is 28.3 Å². The Labute approximate surface area is 160 Å². The molecule has 0 fully saturated rings. The van der Waals surface area contributed by atoms with Crippen LogP contribution in [0.2, 0.25) is 0 Å². The quantitative estimate of drug-likeness (QED) is 0.820. The predicted molar refractivity (Wildman–Crippen MR) is 98.8 cm³/mol. The molecule has 3 rings (SSSR count). The smallest absolute Gasteiger partial charge is 0.243 e. The Hall–Kier alpha value is -1.97. The zero-order valence-electron chi connectivity index (χ0n) is 14.5. The molecule has 27 heavy (non-hydrogen) atoms. The van der Waals surface area contributed by atoms with Gasteiger partial charge < -0.3 is 5.32 Å². The molecule has 144 valence electrons. The monoisotopic (exact) mass is 412 g/mol. The molecule has 0 aliphatic carbocycles. The number of thioether (sulfide) groups is 1. The zero-order chi connectivity index (χ0) is 19.6. The molecule has 2 aromatic carbocycles. The molecule has 9 heteroatoms. The molecule has 1 aliphatic heterocycles. The molecule has 1 atom stereocenters. The van der Waals surface area contributed by atoms with Crippen LogP contribution in [0, 0.1) is 11.6 Å². The van der Waals surface area contributed by atoms with Gasteiger partial charge in [0.15, 0.2) is 0 Å². The minimum absolute atomic E-state index is 0.0966. The van der Waals surface area contributed by atoms with Gasteiger partial charge in [0.05, 0.1) is 17.5 Å². The van der Waals surface area contributed by atoms with Gasteiger partial charge in [-0.05, 0) is 42.3 Å². The van der Waals surface area contributed by atoms with E-state index in [1.54, 1.807) is 12.1 Å². The lowest BCUT2D eigenvalue weighted by atomic mass is 10.0. The summed E-state index contributed by atoms with van der Waals surface area (Å²) in [6, 6.07) is 8.74. The summed E-state index contributed by atoms with van der Waals surface area (Å²) in [5, 5.41) is 2.78. The molecule has 1 N–H and O–H groups in total. The predicted octanol–water partition coefficient (Wildman–Crippen LogP) is 2.94. The number of fused-ring (bicyclic) bond motifs is 1. The van der Waals surface area contributed by atoms with Gasteiger partial charge in [-0.3, -0.25) is 4.79 Å². The number of hydrogen-bond donors (Lipinski definition) is 1. The van der Waals surface area contributed by atoms with Crippen LogP contribution in [-0.2, 0) is 14.8 Å². The van der Waals surface area contributed by atoms with Crippen LogP contribution in [0.4, 0.5) is 8.78 Å². The number of amides is 1. The molecule has 5 nitrogen and oxygen atoms in total. The lowest BCUT2D eigenvalue weighted by molar-refractivity contribution is -0.121. The van der Waals surface area contributed by atoms with Crippen molar-refractivity contribution in [2.24, 2.45) is 0 Å². The fraction of sp³-hybridized carbons (Fsp3) is 0.278. The van der Waals surface area contributed by atoms with Crippen molar-refractivity contribution in [2.45, 2.75) is 22.3 Å². The zero-order valence-corrected chi connectivity index (χ0v) is 16.1. The van der Waals surface area contributed by atoms with Gasteiger partial charge in [-0.15, -0.1) is 11.8 Å². The van der Waals surface area contributed by atoms with Crippen molar-refractivity contribution in [3.8, 4) is 0 Å². The maximum absolute atomic E-state index is 13.9. The number of likely N-dealkylation sites (N-methyl/N-ethyl adjacent to an activating group) is 1. The summed E-state index contributed by atoms with van der Waals surface area (Å²) in [4.78, 5) is 12.8. The average Bonchev–Trinajstić information content (AvgIpc) is 2.63. The van der Waals surface area contributed by atoms with Crippen molar-refractivity contribution < 1.29 is 22.0 Å². The van der Waals surface area contributed by atoms with Crippen LogP contribution in [0.5, 0.6) is 0 Å². The number of sulfonamides is 1. The van der Waals surface area contributed by atoms with Crippen LogP contribution < -0.4 is 5.32 Å². The van der Waals surface area contributed by atoms with Gasteiger partial charge in [-0.1, -0.05) is 12.1 Å². The summed E-state index contributed by atoms with van der Waals surface area (Å²) in [5.74, 6) is -0.707. The Balaban J connectivity index is 1.70. The molecular formula is C18H18F2N2O3S2. The molecule has 1 aliphatic rings. The number of hydrogen-bond acceptors (Lipinski definition) is 4. The lowest BCUT2D eigenvalue weighted by Gasteiger charge is -2.27. The van der Waals surface area contributed by atoms with Crippen LogP contribution in [-0.4, -0.2) is 38.0 Å². The first-order valence-electron chi connectivity index (χ1n) is 8.21. The van der Waals surface area contributed by atoms with Crippen molar-refractivity contribution in [1.29, 1.82) is 0 Å². The number of nitrogens with one attached hydrogen (secondary N) is 1. The van der Waals surface area contributed by atoms with E-state index in [0.29, 0.717) is 22.6 Å². The van der Waals surface area contributed by atoms with Gasteiger partial charge in [0.2, 0.25) is 15.9 Å². The molecule has 0 bridgehead atoms. The lowest BCUT2D eigenvalue weighted by Crippen LogP contribution is -2.40. The highest BCUT2D eigenvalue weighted by molar-refractivity contribution is 7.99. The molecule has 0 aromatic heterocycles. The van der Waals surface area contributed by atoms with Crippen LogP contribution in [0.15, 0.2) is 52.3 Å². The summed E-state index contributed by atoms with van der Waals surface area (Å²) in [7, 11) is -2.64. The van der Waals surface area contributed by atoms with Crippen LogP contribution in [0.1, 0.15) is 18.0 Å². The second-order valence-electron chi connectivity index (χ2n) is 6.13. The van der Waals surface area contributed by atoms with Gasteiger partial charge in [-0.25, -0.2) is 17.2 Å². The molecule has 1 unspecified atom stereocenters. The maximum Gasteiger partial charge on any atom is 0.243 e. The average molecular weight is 412 g/mol. The van der Waals surface area contributed by atoms with Crippen molar-refractivity contribution in [3.05, 3.63) is 59.7 Å². The summed E-state index contributed by atoms with van der Waals surface area (Å²) < 4.78 is 52.8. The Bertz CT molecular complexity index is 950. The van der Waals surface area contributed by atoms with E-state index in [-0.39, 0.29) is 16.8 Å². The molecule has 0 spiro atoms. The number of carbonyl (C=O) groups excluding carboxylic acids is 1. The third-order valence-corrected chi connectivity index (χ3v) is 7.23. The molecule has 2 aromatic rings. The minimum Gasteiger partial charge on any atom is -0.348 e. The fourth-order valence-corrected chi connectivity index (χ4v) is 5.12. The molecule has 1 amide bonds. The third-order valence-electron chi connectivity index (χ3n) is 4.25. The molecule has 1 heterocycles. The second-order valence-corrected chi connectivity index (χ2v) is 9.28. The number of halogens is 2. The van der Waals surface area contributed by atoms with Gasteiger partial charge >= 0.3 is 0 Å². The van der Waals surface area contributed by atoms with E-state index in [1.165, 1.54) is 24.9 Å². The van der Waals surface area contributed by atoms with Gasteiger partial charge in [0, 0.05) is 17.7 Å². The van der Waals surface area contributed by atoms with Crippen molar-refractivity contribution in [2.75, 3.05) is 19.3 Å². The standard InChI is InChI=1S/C18H18F2N2O3S2/c1-22(27(24,25)13-7-5-12(19)6-8-13)11-17(23)21-16-9-10-26-18-14(16)3-2-4-15(18)20/h2-8,16H,9-11H2,1H3,(H,21,23). The number of nitrogens with zero attached hydrogens (tertiary/aromatic N) is 1. The van der Waals surface area contributed by atoms with E-state index >= 15 is 0 Å². The molecule has 0 radical (unpaired) electrons. The number of benzene rings is 2. The highest BCUT2D eigenvalue weighted by Gasteiger charge is 2.27. The summed E-state index contributed by atoms with van der Waals surface area (Å²) >= 11 is 1.40. The Morgan fingerprint density at radius 2 is 1.93 bits per heavy atom. The van der Waals surface area contributed by atoms with Crippen LogP contribution >= 0.6 is 11.8 Å². The fourth-order valence-electron chi connectivity index (χ4n) is 2.85. The highest BCUT2D eigenvalue weighted by atomic mass is 32.2. The van der Waals surface area contributed by atoms with Crippen LogP contribution in [0.3, 0.4) is 0 Å². The summed E-state index contributed by atoms with van der Waals surface area (Å²) in [6.07, 6.45) is 0.626. The first-order chi connectivity index (χ1) is 12.8.